The van der Waals surface area contributed by atoms with E-state index in [9.17, 15) is 35.9 Å². The predicted molar refractivity (Wildman–Crippen MR) is 153 cm³/mol. The summed E-state index contributed by atoms with van der Waals surface area (Å²) >= 11 is 0. The Morgan fingerprint density at radius 1 is 0.488 bits per heavy atom. The van der Waals surface area contributed by atoms with Crippen molar-refractivity contribution < 1.29 is 35.9 Å². The number of rotatable bonds is 27. The van der Waals surface area contributed by atoms with Gasteiger partial charge in [-0.05, 0) is 44.7 Å². The molecule has 0 fully saturated rings. The number of carbonyl (C=O) groups is 2. The molecule has 0 radical (unpaired) electrons. The summed E-state index contributed by atoms with van der Waals surface area (Å²) in [5, 5.41) is 7.31. The zero-order valence-corrected chi connectivity index (χ0v) is 25.1. The molecule has 0 heterocycles. The minimum atomic E-state index is -4.86. The van der Waals surface area contributed by atoms with Gasteiger partial charge in [-0.25, -0.2) is 0 Å². The molecule has 0 aromatic carbocycles. The molecule has 0 rings (SSSR count). The molecule has 0 aromatic rings. The first kappa shape index (κ1) is 39.5. The molecule has 0 aromatic heterocycles. The molecular formula is C30H55F6N3O2. The van der Waals surface area contributed by atoms with Gasteiger partial charge in [-0.1, -0.05) is 110 Å². The molecule has 0 saturated carbocycles. The fourth-order valence-electron chi connectivity index (χ4n) is 4.88. The largest absolute Gasteiger partial charge is 0.471 e. The maximum atomic E-state index is 12.3. The molecule has 3 N–H and O–H groups in total. The number of unbranched alkanes of at least 4 members (excludes halogenated alkanes) is 13. The van der Waals surface area contributed by atoms with Gasteiger partial charge in [0.2, 0.25) is 0 Å². The van der Waals surface area contributed by atoms with E-state index in [0.717, 1.165) is 70.9 Å². The van der Waals surface area contributed by atoms with Crippen molar-refractivity contribution in [2.45, 2.75) is 148 Å². The molecule has 5 nitrogen and oxygen atoms in total. The van der Waals surface area contributed by atoms with Crippen LogP contribution in [0.25, 0.3) is 0 Å². The first-order valence-electron chi connectivity index (χ1n) is 15.9. The normalized spacial score (nSPS) is 12.9. The van der Waals surface area contributed by atoms with E-state index in [1.807, 2.05) is 10.6 Å². The molecule has 244 valence electrons. The molecule has 0 aliphatic carbocycles. The van der Waals surface area contributed by atoms with Crippen molar-refractivity contribution in [2.75, 3.05) is 26.2 Å². The quantitative estimate of drug-likeness (QED) is 0.0653. The van der Waals surface area contributed by atoms with Gasteiger partial charge in [0, 0.05) is 13.1 Å². The number of alkyl halides is 6. The lowest BCUT2D eigenvalue weighted by molar-refractivity contribution is -0.173. The molecule has 0 aliphatic rings. The number of nitrogens with one attached hydrogen (secondary N) is 3. The van der Waals surface area contributed by atoms with E-state index in [2.05, 4.69) is 12.2 Å². The van der Waals surface area contributed by atoms with E-state index >= 15 is 0 Å². The maximum Gasteiger partial charge on any atom is 0.471 e. The van der Waals surface area contributed by atoms with Crippen molar-refractivity contribution in [1.29, 1.82) is 0 Å². The van der Waals surface area contributed by atoms with Crippen molar-refractivity contribution in [3.8, 4) is 0 Å². The van der Waals surface area contributed by atoms with Crippen LogP contribution in [0.2, 0.25) is 0 Å². The molecule has 2 amide bonds. The van der Waals surface area contributed by atoms with Crippen molar-refractivity contribution in [3.05, 3.63) is 0 Å². The van der Waals surface area contributed by atoms with Crippen LogP contribution in [-0.2, 0) is 9.59 Å². The Morgan fingerprint density at radius 2 is 0.805 bits per heavy atom. The number of hydrogen-bond acceptors (Lipinski definition) is 3. The van der Waals surface area contributed by atoms with Gasteiger partial charge < -0.3 is 16.0 Å². The van der Waals surface area contributed by atoms with Gasteiger partial charge in [0.25, 0.3) is 0 Å². The summed E-state index contributed by atoms with van der Waals surface area (Å²) < 4.78 is 73.6. The van der Waals surface area contributed by atoms with Crippen LogP contribution < -0.4 is 16.0 Å². The number of hydrogen-bond donors (Lipinski definition) is 3. The molecule has 41 heavy (non-hydrogen) atoms. The van der Waals surface area contributed by atoms with Crippen molar-refractivity contribution >= 4 is 11.8 Å². The first-order valence-corrected chi connectivity index (χ1v) is 15.9. The Labute approximate surface area is 243 Å². The lowest BCUT2D eigenvalue weighted by Crippen LogP contribution is -2.37. The summed E-state index contributed by atoms with van der Waals surface area (Å²) in [6.45, 7) is 4.23. The second kappa shape index (κ2) is 25.0. The van der Waals surface area contributed by atoms with Crippen LogP contribution in [0.3, 0.4) is 0 Å². The minimum absolute atomic E-state index is 0.00249. The third-order valence-electron chi connectivity index (χ3n) is 7.34. The summed E-state index contributed by atoms with van der Waals surface area (Å²) in [5.74, 6) is -3.39. The minimum Gasteiger partial charge on any atom is -0.348 e. The smallest absolute Gasteiger partial charge is 0.348 e. The Hall–Kier alpha value is -1.52. The Morgan fingerprint density at radius 3 is 1.24 bits per heavy atom. The average Bonchev–Trinajstić information content (AvgIpc) is 2.90. The van der Waals surface area contributed by atoms with E-state index in [1.165, 1.54) is 57.8 Å². The van der Waals surface area contributed by atoms with E-state index in [-0.39, 0.29) is 13.1 Å². The van der Waals surface area contributed by atoms with E-state index in [4.69, 9.17) is 0 Å². The highest BCUT2D eigenvalue weighted by molar-refractivity contribution is 5.81. The van der Waals surface area contributed by atoms with Gasteiger partial charge in [-0.15, -0.1) is 0 Å². The van der Waals surface area contributed by atoms with E-state index < -0.39 is 24.2 Å². The lowest BCUT2D eigenvalue weighted by atomic mass is 9.90. The second-order valence-corrected chi connectivity index (χ2v) is 11.1. The summed E-state index contributed by atoms with van der Waals surface area (Å²) in [5.41, 5.74) is 0. The fourth-order valence-corrected chi connectivity index (χ4v) is 4.88. The van der Waals surface area contributed by atoms with Crippen molar-refractivity contribution in [2.24, 2.45) is 5.92 Å². The van der Waals surface area contributed by atoms with Crippen LogP contribution >= 0.6 is 0 Å². The molecule has 11 heteroatoms. The monoisotopic (exact) mass is 603 g/mol. The molecule has 0 spiro atoms. The number of amides is 2. The van der Waals surface area contributed by atoms with Gasteiger partial charge >= 0.3 is 24.2 Å². The third kappa shape index (κ3) is 25.9. The van der Waals surface area contributed by atoms with Crippen LogP contribution in [0.4, 0.5) is 26.3 Å². The van der Waals surface area contributed by atoms with Gasteiger partial charge in [-0.2, -0.15) is 26.3 Å². The second-order valence-electron chi connectivity index (χ2n) is 11.1. The van der Waals surface area contributed by atoms with E-state index in [0.29, 0.717) is 18.8 Å². The van der Waals surface area contributed by atoms with Crippen molar-refractivity contribution in [3.63, 3.8) is 0 Å². The summed E-state index contributed by atoms with van der Waals surface area (Å²) in [7, 11) is 0. The summed E-state index contributed by atoms with van der Waals surface area (Å²) in [4.78, 5) is 21.8. The van der Waals surface area contributed by atoms with Crippen LogP contribution in [0.5, 0.6) is 0 Å². The molecule has 0 aliphatic heterocycles. The maximum absolute atomic E-state index is 12.3. The Balaban J connectivity index is 4.07. The zero-order valence-electron chi connectivity index (χ0n) is 25.1. The van der Waals surface area contributed by atoms with Crippen molar-refractivity contribution in [1.82, 2.24) is 16.0 Å². The number of halogens is 6. The third-order valence-corrected chi connectivity index (χ3v) is 7.34. The molecule has 1 unspecified atom stereocenters. The van der Waals surface area contributed by atoms with Gasteiger partial charge in [-0.3, -0.25) is 9.59 Å². The highest BCUT2D eigenvalue weighted by Gasteiger charge is 2.38. The van der Waals surface area contributed by atoms with Crippen LogP contribution in [0.1, 0.15) is 135 Å². The Kier molecular flexibility index (Phi) is 24.1. The number of carbonyl (C=O) groups excluding carboxylic acids is 2. The predicted octanol–water partition coefficient (Wildman–Crippen LogP) is 8.37. The topological polar surface area (TPSA) is 70.2 Å². The molecule has 0 saturated heterocycles. The zero-order chi connectivity index (χ0) is 30.8. The summed E-state index contributed by atoms with van der Waals surface area (Å²) in [6, 6.07) is 0. The fraction of sp³-hybridized carbons (Fsp3) is 0.933. The Bertz CT molecular complexity index is 645. The first-order chi connectivity index (χ1) is 19.5. The van der Waals surface area contributed by atoms with Gasteiger partial charge in [0.15, 0.2) is 0 Å². The van der Waals surface area contributed by atoms with Crippen LogP contribution in [-0.4, -0.2) is 50.3 Å². The molecular weight excluding hydrogens is 548 g/mol. The summed E-state index contributed by atoms with van der Waals surface area (Å²) in [6.07, 6.45) is 11.2. The molecule has 0 bridgehead atoms. The molecule has 1 atom stereocenters. The van der Waals surface area contributed by atoms with Gasteiger partial charge in [0.05, 0.1) is 0 Å². The standard InChI is InChI=1S/C30H55F6N3O2/c1-2-3-4-5-6-7-8-10-15-22-37-23-17-13-20-26(21-14-18-25-39-28(41)30(34,35)36)19-12-9-11-16-24-38-27(40)29(31,32)33/h26,37H,2-25H2,1H3,(H,38,40)(H,39,41). The highest BCUT2D eigenvalue weighted by Crippen LogP contribution is 2.23. The average molecular weight is 604 g/mol. The lowest BCUT2D eigenvalue weighted by Gasteiger charge is -2.17. The highest BCUT2D eigenvalue weighted by atomic mass is 19.4. The SMILES string of the molecule is CCCCCCCCCCCNCCCCC(CCCCCCNC(=O)C(F)(F)F)CCCCNC(=O)C(F)(F)F. The van der Waals surface area contributed by atoms with E-state index in [1.54, 1.807) is 0 Å². The van der Waals surface area contributed by atoms with Gasteiger partial charge in [0.1, 0.15) is 0 Å². The van der Waals surface area contributed by atoms with Crippen LogP contribution in [0, 0.1) is 5.92 Å². The van der Waals surface area contributed by atoms with Crippen LogP contribution in [0.15, 0.2) is 0 Å².